The Morgan fingerprint density at radius 1 is 1.24 bits per heavy atom. The molecule has 108 valence electrons. The fourth-order valence-electron chi connectivity index (χ4n) is 2.74. The van der Waals surface area contributed by atoms with Crippen LogP contribution in [0.25, 0.3) is 0 Å². The molecule has 2 aromatic carbocycles. The fraction of sp³-hybridized carbons (Fsp3) is 0.235. The summed E-state index contributed by atoms with van der Waals surface area (Å²) in [7, 11) is 0. The van der Waals surface area contributed by atoms with Gasteiger partial charge in [-0.15, -0.1) is 0 Å². The molecule has 0 fully saturated rings. The first-order valence-electron chi connectivity index (χ1n) is 6.93. The highest BCUT2D eigenvalue weighted by molar-refractivity contribution is 14.1. The number of hydrogen-bond donors (Lipinski definition) is 0. The number of benzene rings is 2. The maximum absolute atomic E-state index is 12.9. The Balaban J connectivity index is 2.02. The van der Waals surface area contributed by atoms with Gasteiger partial charge in [-0.05, 0) is 88.1 Å². The molecule has 0 bridgehead atoms. The van der Waals surface area contributed by atoms with Crippen LogP contribution in [-0.4, -0.2) is 12.5 Å². The smallest absolute Gasteiger partial charge is 0.259 e. The summed E-state index contributed by atoms with van der Waals surface area (Å²) in [4.78, 5) is 14.8. The monoisotopic (exact) mass is 455 g/mol. The zero-order valence-corrected chi connectivity index (χ0v) is 15.4. The van der Waals surface area contributed by atoms with Crippen molar-refractivity contribution in [2.24, 2.45) is 0 Å². The van der Waals surface area contributed by atoms with E-state index in [0.717, 1.165) is 38.7 Å². The van der Waals surface area contributed by atoms with Crippen LogP contribution in [0.2, 0.25) is 0 Å². The van der Waals surface area contributed by atoms with Crippen molar-refractivity contribution in [2.45, 2.75) is 19.8 Å². The third-order valence-electron chi connectivity index (χ3n) is 3.76. The number of amides is 1. The van der Waals surface area contributed by atoms with Gasteiger partial charge in [0.1, 0.15) is 0 Å². The molecule has 1 aliphatic rings. The maximum atomic E-state index is 12.9. The predicted octanol–water partition coefficient (Wildman–Crippen LogP) is 4.96. The summed E-state index contributed by atoms with van der Waals surface area (Å²) in [6, 6.07) is 12.2. The van der Waals surface area contributed by atoms with Gasteiger partial charge in [-0.2, -0.15) is 0 Å². The molecule has 0 radical (unpaired) electrons. The third kappa shape index (κ3) is 3.01. The summed E-state index contributed by atoms with van der Waals surface area (Å²) >= 11 is 5.74. The van der Waals surface area contributed by atoms with Crippen LogP contribution < -0.4 is 4.90 Å². The van der Waals surface area contributed by atoms with Crippen molar-refractivity contribution in [3.63, 3.8) is 0 Å². The SMILES string of the molecule is Cc1ccc2c(c1)CCCN2C(=O)c1cc(I)ccc1Br. The average molecular weight is 456 g/mol. The fourth-order valence-corrected chi connectivity index (χ4v) is 3.65. The summed E-state index contributed by atoms with van der Waals surface area (Å²) in [6.45, 7) is 2.88. The molecule has 2 nitrogen and oxygen atoms in total. The molecule has 0 unspecified atom stereocenters. The largest absolute Gasteiger partial charge is 0.308 e. The topological polar surface area (TPSA) is 20.3 Å². The van der Waals surface area contributed by atoms with Gasteiger partial charge in [0.15, 0.2) is 0 Å². The van der Waals surface area contributed by atoms with E-state index in [9.17, 15) is 4.79 Å². The van der Waals surface area contributed by atoms with Gasteiger partial charge in [0, 0.05) is 20.3 Å². The van der Waals surface area contributed by atoms with Crippen molar-refractivity contribution < 1.29 is 4.79 Å². The molecule has 1 heterocycles. The Labute approximate surface area is 146 Å². The molecule has 3 rings (SSSR count). The highest BCUT2D eigenvalue weighted by atomic mass is 127. The molecular formula is C17H15BrINO. The van der Waals surface area contributed by atoms with E-state index in [1.807, 2.05) is 23.1 Å². The average Bonchev–Trinajstić information content (AvgIpc) is 2.48. The van der Waals surface area contributed by atoms with E-state index in [-0.39, 0.29) is 5.91 Å². The van der Waals surface area contributed by atoms with E-state index >= 15 is 0 Å². The van der Waals surface area contributed by atoms with Gasteiger partial charge in [-0.25, -0.2) is 0 Å². The first-order chi connectivity index (χ1) is 10.1. The van der Waals surface area contributed by atoms with Gasteiger partial charge in [0.05, 0.1) is 5.56 Å². The maximum Gasteiger partial charge on any atom is 0.259 e. The van der Waals surface area contributed by atoms with Gasteiger partial charge in [-0.1, -0.05) is 17.7 Å². The molecule has 1 amide bonds. The number of rotatable bonds is 1. The summed E-state index contributed by atoms with van der Waals surface area (Å²) in [6.07, 6.45) is 2.07. The van der Waals surface area contributed by atoms with E-state index in [4.69, 9.17) is 0 Å². The van der Waals surface area contributed by atoms with Crippen LogP contribution >= 0.6 is 38.5 Å². The van der Waals surface area contributed by atoms with Crippen molar-refractivity contribution in [1.29, 1.82) is 0 Å². The van der Waals surface area contributed by atoms with E-state index in [1.165, 1.54) is 11.1 Å². The molecule has 1 aliphatic heterocycles. The zero-order chi connectivity index (χ0) is 15.0. The van der Waals surface area contributed by atoms with Gasteiger partial charge < -0.3 is 4.90 Å². The number of carbonyl (C=O) groups is 1. The quantitative estimate of drug-likeness (QED) is 0.557. The molecule has 0 saturated heterocycles. The van der Waals surface area contributed by atoms with Crippen LogP contribution in [0.5, 0.6) is 0 Å². The summed E-state index contributed by atoms with van der Waals surface area (Å²) < 4.78 is 1.92. The lowest BCUT2D eigenvalue weighted by molar-refractivity contribution is 0.0984. The second kappa shape index (κ2) is 6.08. The lowest BCUT2D eigenvalue weighted by Gasteiger charge is -2.30. The van der Waals surface area contributed by atoms with E-state index in [1.54, 1.807) is 0 Å². The standard InChI is InChI=1S/C17H15BrINO/c1-11-4-7-16-12(9-11)3-2-8-20(16)17(21)14-10-13(19)5-6-15(14)18/h4-7,9-10H,2-3,8H2,1H3. The second-order valence-electron chi connectivity index (χ2n) is 5.32. The summed E-state index contributed by atoms with van der Waals surface area (Å²) in [5, 5.41) is 0. The Morgan fingerprint density at radius 2 is 2.05 bits per heavy atom. The molecule has 0 N–H and O–H groups in total. The minimum absolute atomic E-state index is 0.0743. The minimum atomic E-state index is 0.0743. The number of nitrogens with zero attached hydrogens (tertiary/aromatic N) is 1. The second-order valence-corrected chi connectivity index (χ2v) is 7.42. The number of halogens is 2. The lowest BCUT2D eigenvalue weighted by atomic mass is 9.99. The molecular weight excluding hydrogens is 441 g/mol. The molecule has 21 heavy (non-hydrogen) atoms. The Bertz CT molecular complexity index is 714. The number of fused-ring (bicyclic) bond motifs is 1. The van der Waals surface area contributed by atoms with Crippen LogP contribution in [0.1, 0.15) is 27.9 Å². The normalized spacial score (nSPS) is 14.0. The summed E-state index contributed by atoms with van der Waals surface area (Å²) in [5.74, 6) is 0.0743. The minimum Gasteiger partial charge on any atom is -0.308 e. The Morgan fingerprint density at radius 3 is 2.86 bits per heavy atom. The highest BCUT2D eigenvalue weighted by Crippen LogP contribution is 2.31. The lowest BCUT2D eigenvalue weighted by Crippen LogP contribution is -2.35. The van der Waals surface area contributed by atoms with E-state index < -0.39 is 0 Å². The molecule has 2 aromatic rings. The zero-order valence-electron chi connectivity index (χ0n) is 11.7. The van der Waals surface area contributed by atoms with Gasteiger partial charge in [-0.3, -0.25) is 4.79 Å². The van der Waals surface area contributed by atoms with E-state index in [0.29, 0.717) is 0 Å². The van der Waals surface area contributed by atoms with Crippen LogP contribution in [0, 0.1) is 10.5 Å². The number of anilines is 1. The van der Waals surface area contributed by atoms with Gasteiger partial charge >= 0.3 is 0 Å². The number of aryl methyl sites for hydroxylation is 2. The van der Waals surface area contributed by atoms with Crippen LogP contribution in [0.3, 0.4) is 0 Å². The number of carbonyl (C=O) groups excluding carboxylic acids is 1. The van der Waals surface area contributed by atoms with Crippen molar-refractivity contribution in [1.82, 2.24) is 0 Å². The van der Waals surface area contributed by atoms with Crippen LogP contribution in [0.15, 0.2) is 40.9 Å². The molecule has 0 aromatic heterocycles. The first-order valence-corrected chi connectivity index (χ1v) is 8.80. The van der Waals surface area contributed by atoms with Crippen molar-refractivity contribution in [3.05, 3.63) is 61.1 Å². The summed E-state index contributed by atoms with van der Waals surface area (Å²) in [5.41, 5.74) is 4.31. The van der Waals surface area contributed by atoms with Gasteiger partial charge in [0.2, 0.25) is 0 Å². The molecule has 4 heteroatoms. The van der Waals surface area contributed by atoms with Crippen molar-refractivity contribution in [2.75, 3.05) is 11.4 Å². The molecule has 0 atom stereocenters. The predicted molar refractivity (Wildman–Crippen MR) is 98.0 cm³/mol. The Hall–Kier alpha value is -0.880. The first kappa shape index (κ1) is 15.0. The van der Waals surface area contributed by atoms with Crippen molar-refractivity contribution in [3.8, 4) is 0 Å². The molecule has 0 saturated carbocycles. The van der Waals surface area contributed by atoms with Crippen LogP contribution in [0.4, 0.5) is 5.69 Å². The number of hydrogen-bond acceptors (Lipinski definition) is 1. The van der Waals surface area contributed by atoms with Gasteiger partial charge in [0.25, 0.3) is 5.91 Å². The highest BCUT2D eigenvalue weighted by Gasteiger charge is 2.24. The third-order valence-corrected chi connectivity index (χ3v) is 5.12. The van der Waals surface area contributed by atoms with Crippen molar-refractivity contribution >= 4 is 50.1 Å². The Kier molecular flexibility index (Phi) is 4.36. The molecule has 0 aliphatic carbocycles. The van der Waals surface area contributed by atoms with E-state index in [2.05, 4.69) is 63.6 Å². The van der Waals surface area contributed by atoms with Crippen LogP contribution in [-0.2, 0) is 6.42 Å². The molecule has 0 spiro atoms.